The number of aromatic amines is 1. The van der Waals surface area contributed by atoms with Crippen LogP contribution in [-0.4, -0.2) is 21.1 Å². The Hall–Kier alpha value is -3.72. The average Bonchev–Trinajstić information content (AvgIpc) is 3.01. The molecule has 1 aromatic carbocycles. The Morgan fingerprint density at radius 2 is 1.92 bits per heavy atom. The van der Waals surface area contributed by atoms with E-state index in [4.69, 9.17) is 5.26 Å². The summed E-state index contributed by atoms with van der Waals surface area (Å²) in [5, 5.41) is 18.7. The molecule has 122 valence electrons. The number of anilines is 1. The molecule has 0 fully saturated rings. The molecule has 3 aromatic rings. The molecule has 3 rings (SSSR count). The molecule has 0 aliphatic carbocycles. The molecule has 0 atom stereocenters. The first-order chi connectivity index (χ1) is 12.2. The SMILES string of the molecule is Cc1c(-c2ccncc2)n[nH]c1NC(=O)C=Cc1ccc(C#N)cc1. The molecule has 2 heterocycles. The standard InChI is InChI=1S/C19H15N5O/c1-13-18(16-8-10-21-11-9-16)23-24-19(13)22-17(25)7-6-14-2-4-15(12-20)5-3-14/h2-11H,1H3,(H2,22,23,24,25). The van der Waals surface area contributed by atoms with Gasteiger partial charge >= 0.3 is 0 Å². The normalized spacial score (nSPS) is 10.6. The first-order valence-electron chi connectivity index (χ1n) is 7.62. The Morgan fingerprint density at radius 3 is 2.60 bits per heavy atom. The fourth-order valence-electron chi connectivity index (χ4n) is 2.32. The van der Waals surface area contributed by atoms with Crippen LogP contribution in [0.5, 0.6) is 0 Å². The number of hydrogen-bond donors (Lipinski definition) is 2. The third-order valence-electron chi connectivity index (χ3n) is 3.68. The number of carbonyl (C=O) groups excluding carboxylic acids is 1. The van der Waals surface area contributed by atoms with Gasteiger partial charge in [-0.15, -0.1) is 0 Å². The van der Waals surface area contributed by atoms with E-state index in [1.54, 1.807) is 42.7 Å². The fraction of sp³-hybridized carbons (Fsp3) is 0.0526. The Bertz CT molecular complexity index is 950. The Kier molecular flexibility index (Phi) is 4.67. The Morgan fingerprint density at radius 1 is 1.20 bits per heavy atom. The van der Waals surface area contributed by atoms with Crippen LogP contribution in [0.25, 0.3) is 17.3 Å². The molecule has 0 aliphatic rings. The van der Waals surface area contributed by atoms with Crippen LogP contribution in [0.4, 0.5) is 5.82 Å². The molecular formula is C19H15N5O. The maximum atomic E-state index is 12.1. The average molecular weight is 329 g/mol. The minimum Gasteiger partial charge on any atom is -0.307 e. The molecule has 1 amide bonds. The van der Waals surface area contributed by atoms with Crippen molar-refractivity contribution in [2.75, 3.05) is 5.32 Å². The van der Waals surface area contributed by atoms with Crippen LogP contribution in [0.3, 0.4) is 0 Å². The highest BCUT2D eigenvalue weighted by Gasteiger charge is 2.11. The predicted molar refractivity (Wildman–Crippen MR) is 95.4 cm³/mol. The molecule has 0 aliphatic heterocycles. The zero-order chi connectivity index (χ0) is 17.6. The van der Waals surface area contributed by atoms with Crippen molar-refractivity contribution in [1.82, 2.24) is 15.2 Å². The Balaban J connectivity index is 1.70. The van der Waals surface area contributed by atoms with E-state index < -0.39 is 0 Å². The minimum atomic E-state index is -0.266. The van der Waals surface area contributed by atoms with Crippen molar-refractivity contribution >= 4 is 17.8 Å². The van der Waals surface area contributed by atoms with Crippen molar-refractivity contribution in [3.63, 3.8) is 0 Å². The van der Waals surface area contributed by atoms with Gasteiger partial charge in [0.1, 0.15) is 5.82 Å². The smallest absolute Gasteiger partial charge is 0.249 e. The van der Waals surface area contributed by atoms with Crippen LogP contribution in [-0.2, 0) is 4.79 Å². The number of aromatic nitrogens is 3. The summed E-state index contributed by atoms with van der Waals surface area (Å²) in [6, 6.07) is 12.8. The molecule has 0 saturated carbocycles. The van der Waals surface area contributed by atoms with Gasteiger partial charge in [-0.3, -0.25) is 14.9 Å². The van der Waals surface area contributed by atoms with Gasteiger partial charge in [-0.05, 0) is 42.8 Å². The molecule has 6 heteroatoms. The number of hydrogen-bond acceptors (Lipinski definition) is 4. The van der Waals surface area contributed by atoms with E-state index in [0.717, 1.165) is 22.4 Å². The van der Waals surface area contributed by atoms with Crippen LogP contribution in [0.2, 0.25) is 0 Å². The van der Waals surface area contributed by atoms with Crippen molar-refractivity contribution in [3.05, 3.63) is 71.6 Å². The highest BCUT2D eigenvalue weighted by molar-refractivity contribution is 6.02. The van der Waals surface area contributed by atoms with Gasteiger partial charge in [0, 0.05) is 29.6 Å². The minimum absolute atomic E-state index is 0.266. The quantitative estimate of drug-likeness (QED) is 0.718. The van der Waals surface area contributed by atoms with Crippen molar-refractivity contribution < 1.29 is 4.79 Å². The van der Waals surface area contributed by atoms with Crippen LogP contribution in [0, 0.1) is 18.3 Å². The summed E-state index contributed by atoms with van der Waals surface area (Å²) in [6.07, 6.45) is 6.52. The van der Waals surface area contributed by atoms with Crippen LogP contribution in [0.15, 0.2) is 54.9 Å². The fourth-order valence-corrected chi connectivity index (χ4v) is 2.32. The summed E-state index contributed by atoms with van der Waals surface area (Å²) in [7, 11) is 0. The highest BCUT2D eigenvalue weighted by atomic mass is 16.1. The predicted octanol–water partition coefficient (Wildman–Crippen LogP) is 3.30. The first-order valence-corrected chi connectivity index (χ1v) is 7.62. The van der Waals surface area contributed by atoms with Gasteiger partial charge in [-0.1, -0.05) is 12.1 Å². The maximum Gasteiger partial charge on any atom is 0.249 e. The molecule has 0 unspecified atom stereocenters. The lowest BCUT2D eigenvalue weighted by Gasteiger charge is -2.01. The summed E-state index contributed by atoms with van der Waals surface area (Å²) >= 11 is 0. The van der Waals surface area contributed by atoms with Gasteiger partial charge in [0.25, 0.3) is 0 Å². The van der Waals surface area contributed by atoms with E-state index in [-0.39, 0.29) is 5.91 Å². The molecule has 6 nitrogen and oxygen atoms in total. The van der Waals surface area contributed by atoms with Crippen LogP contribution < -0.4 is 5.32 Å². The van der Waals surface area contributed by atoms with Gasteiger partial charge in [-0.25, -0.2) is 0 Å². The molecule has 2 aromatic heterocycles. The van der Waals surface area contributed by atoms with Gasteiger partial charge < -0.3 is 5.32 Å². The molecule has 0 saturated heterocycles. The van der Waals surface area contributed by atoms with E-state index in [1.807, 2.05) is 19.1 Å². The number of benzene rings is 1. The van der Waals surface area contributed by atoms with Gasteiger partial charge in [-0.2, -0.15) is 10.4 Å². The molecule has 0 radical (unpaired) electrons. The topological polar surface area (TPSA) is 94.5 Å². The number of nitrogens with one attached hydrogen (secondary N) is 2. The molecule has 2 N–H and O–H groups in total. The number of pyridine rings is 1. The monoisotopic (exact) mass is 329 g/mol. The lowest BCUT2D eigenvalue weighted by Crippen LogP contribution is -2.09. The zero-order valence-electron chi connectivity index (χ0n) is 13.5. The zero-order valence-corrected chi connectivity index (χ0v) is 13.5. The second-order valence-electron chi connectivity index (χ2n) is 5.36. The van der Waals surface area contributed by atoms with E-state index in [9.17, 15) is 4.79 Å². The number of nitriles is 1. The van der Waals surface area contributed by atoms with E-state index in [0.29, 0.717) is 11.4 Å². The van der Waals surface area contributed by atoms with Crippen LogP contribution >= 0.6 is 0 Å². The molecule has 25 heavy (non-hydrogen) atoms. The lowest BCUT2D eigenvalue weighted by molar-refractivity contribution is -0.111. The van der Waals surface area contributed by atoms with Crippen LogP contribution in [0.1, 0.15) is 16.7 Å². The van der Waals surface area contributed by atoms with Crippen molar-refractivity contribution in [1.29, 1.82) is 5.26 Å². The summed E-state index contributed by atoms with van der Waals surface area (Å²) in [5.74, 6) is 0.290. The largest absolute Gasteiger partial charge is 0.307 e. The second-order valence-corrected chi connectivity index (χ2v) is 5.36. The summed E-state index contributed by atoms with van der Waals surface area (Å²) in [6.45, 7) is 1.89. The van der Waals surface area contributed by atoms with Crippen molar-refractivity contribution in [3.8, 4) is 17.3 Å². The maximum absolute atomic E-state index is 12.1. The number of amides is 1. The molecule has 0 spiro atoms. The summed E-state index contributed by atoms with van der Waals surface area (Å²) in [4.78, 5) is 16.1. The summed E-state index contributed by atoms with van der Waals surface area (Å²) in [5.41, 5.74) is 3.98. The second kappa shape index (κ2) is 7.23. The number of carbonyl (C=O) groups is 1. The van der Waals surface area contributed by atoms with E-state index in [2.05, 4.69) is 26.6 Å². The number of H-pyrrole nitrogens is 1. The Labute approximate surface area is 144 Å². The van der Waals surface area contributed by atoms with E-state index >= 15 is 0 Å². The van der Waals surface area contributed by atoms with Gasteiger partial charge in [0.2, 0.25) is 5.91 Å². The molecule has 0 bridgehead atoms. The summed E-state index contributed by atoms with van der Waals surface area (Å²) < 4.78 is 0. The van der Waals surface area contributed by atoms with Crippen molar-refractivity contribution in [2.24, 2.45) is 0 Å². The van der Waals surface area contributed by atoms with Gasteiger partial charge in [0.15, 0.2) is 0 Å². The highest BCUT2D eigenvalue weighted by Crippen LogP contribution is 2.25. The first kappa shape index (κ1) is 16.1. The van der Waals surface area contributed by atoms with Crippen molar-refractivity contribution in [2.45, 2.75) is 6.92 Å². The number of rotatable bonds is 4. The number of nitrogens with zero attached hydrogens (tertiary/aromatic N) is 3. The molecular weight excluding hydrogens is 314 g/mol. The third-order valence-corrected chi connectivity index (χ3v) is 3.68. The van der Waals surface area contributed by atoms with E-state index in [1.165, 1.54) is 6.08 Å². The lowest BCUT2D eigenvalue weighted by atomic mass is 10.1. The van der Waals surface area contributed by atoms with Gasteiger partial charge in [0.05, 0.1) is 17.3 Å². The third kappa shape index (κ3) is 3.79.